The molecule has 0 radical (unpaired) electrons. The quantitative estimate of drug-likeness (QED) is 0.571. The molecular weight excluding hydrogens is 322 g/mol. The molecule has 0 N–H and O–H groups in total. The molecule has 0 unspecified atom stereocenters. The third-order valence-electron chi connectivity index (χ3n) is 3.85. The van der Waals surface area contributed by atoms with Gasteiger partial charge in [0.05, 0.1) is 0 Å². The van der Waals surface area contributed by atoms with Crippen LogP contribution in [0.4, 0.5) is 0 Å². The van der Waals surface area contributed by atoms with Crippen LogP contribution in [0.15, 0.2) is 65.3 Å². The summed E-state index contributed by atoms with van der Waals surface area (Å²) in [6.45, 7) is 2.25. The Bertz CT molecular complexity index is 784. The van der Waals surface area contributed by atoms with Gasteiger partial charge in [0, 0.05) is 34.5 Å². The van der Waals surface area contributed by atoms with E-state index in [2.05, 4.69) is 95.3 Å². The highest BCUT2D eigenvalue weighted by molar-refractivity contribution is 9.10. The Morgan fingerprint density at radius 1 is 1.10 bits per heavy atom. The molecule has 0 aliphatic rings. The van der Waals surface area contributed by atoms with Crippen LogP contribution in [0.3, 0.4) is 0 Å². The number of halogens is 1. The van der Waals surface area contributed by atoms with E-state index in [1.54, 1.807) is 0 Å². The standard InChI is InChI=1S/C19H18BrN/c1-14(8-9-15-6-4-3-5-7-15)18-13-21(2)19-11-10-16(20)12-17(18)19/h3-14H,1-2H3/b9-8+/t14-/m0/s1. The summed E-state index contributed by atoms with van der Waals surface area (Å²) in [5.41, 5.74) is 3.87. The molecule has 0 saturated carbocycles. The van der Waals surface area contributed by atoms with E-state index in [0.29, 0.717) is 5.92 Å². The van der Waals surface area contributed by atoms with Gasteiger partial charge in [-0.1, -0.05) is 65.3 Å². The molecule has 2 aromatic carbocycles. The van der Waals surface area contributed by atoms with Crippen molar-refractivity contribution in [1.29, 1.82) is 0 Å². The molecule has 1 aromatic heterocycles. The molecule has 3 rings (SSSR count). The van der Waals surface area contributed by atoms with Crippen molar-refractivity contribution in [2.24, 2.45) is 7.05 Å². The Morgan fingerprint density at radius 3 is 2.62 bits per heavy atom. The number of fused-ring (bicyclic) bond motifs is 1. The summed E-state index contributed by atoms with van der Waals surface area (Å²) in [5, 5.41) is 1.32. The van der Waals surface area contributed by atoms with E-state index < -0.39 is 0 Å². The van der Waals surface area contributed by atoms with Crippen LogP contribution < -0.4 is 0 Å². The van der Waals surface area contributed by atoms with Crippen molar-refractivity contribution in [3.8, 4) is 0 Å². The molecule has 0 saturated heterocycles. The topological polar surface area (TPSA) is 4.93 Å². The SMILES string of the molecule is C[C@@H](/C=C/c1ccccc1)c1cn(C)c2ccc(Br)cc12. The van der Waals surface area contributed by atoms with E-state index in [4.69, 9.17) is 0 Å². The Morgan fingerprint density at radius 2 is 1.86 bits per heavy atom. The maximum absolute atomic E-state index is 3.57. The minimum atomic E-state index is 0.378. The zero-order valence-corrected chi connectivity index (χ0v) is 13.8. The molecule has 0 bridgehead atoms. The number of nitrogens with zero attached hydrogens (tertiary/aromatic N) is 1. The molecule has 0 amide bonds. The van der Waals surface area contributed by atoms with Gasteiger partial charge >= 0.3 is 0 Å². The Kier molecular flexibility index (Phi) is 3.98. The van der Waals surface area contributed by atoms with E-state index >= 15 is 0 Å². The third kappa shape index (κ3) is 2.96. The van der Waals surface area contributed by atoms with Crippen LogP contribution >= 0.6 is 15.9 Å². The molecule has 0 aliphatic carbocycles. The Balaban J connectivity index is 1.96. The number of aryl methyl sites for hydroxylation is 1. The van der Waals surface area contributed by atoms with Crippen LogP contribution in [0.2, 0.25) is 0 Å². The lowest BCUT2D eigenvalue weighted by Crippen LogP contribution is -1.87. The average Bonchev–Trinajstić information content (AvgIpc) is 2.82. The lowest BCUT2D eigenvalue weighted by molar-refractivity contribution is 0.924. The fraction of sp³-hybridized carbons (Fsp3) is 0.158. The molecule has 1 atom stereocenters. The van der Waals surface area contributed by atoms with Crippen molar-refractivity contribution >= 4 is 32.9 Å². The molecule has 1 heterocycles. The first-order valence-electron chi connectivity index (χ1n) is 7.13. The monoisotopic (exact) mass is 339 g/mol. The van der Waals surface area contributed by atoms with Gasteiger partial charge in [-0.15, -0.1) is 0 Å². The molecule has 106 valence electrons. The number of benzene rings is 2. The second-order valence-electron chi connectivity index (χ2n) is 5.42. The Hall–Kier alpha value is -1.80. The molecule has 0 fully saturated rings. The van der Waals surface area contributed by atoms with Crippen molar-refractivity contribution in [3.05, 3.63) is 76.4 Å². The number of aromatic nitrogens is 1. The second kappa shape index (κ2) is 5.90. The predicted octanol–water partition coefficient (Wildman–Crippen LogP) is 5.76. The summed E-state index contributed by atoms with van der Waals surface area (Å²) >= 11 is 3.57. The fourth-order valence-electron chi connectivity index (χ4n) is 2.68. The summed E-state index contributed by atoms with van der Waals surface area (Å²) in [4.78, 5) is 0. The largest absolute Gasteiger partial charge is 0.350 e. The first kappa shape index (κ1) is 14.2. The van der Waals surface area contributed by atoms with Crippen LogP contribution in [-0.2, 0) is 7.05 Å². The van der Waals surface area contributed by atoms with Crippen LogP contribution in [0, 0.1) is 0 Å². The number of hydrogen-bond donors (Lipinski definition) is 0. The van der Waals surface area contributed by atoms with Gasteiger partial charge in [0.1, 0.15) is 0 Å². The normalized spacial score (nSPS) is 13.1. The van der Waals surface area contributed by atoms with E-state index in [1.807, 2.05) is 6.07 Å². The van der Waals surface area contributed by atoms with E-state index in [0.717, 1.165) is 4.47 Å². The Labute approximate surface area is 134 Å². The third-order valence-corrected chi connectivity index (χ3v) is 4.34. The van der Waals surface area contributed by atoms with E-state index in [1.165, 1.54) is 22.0 Å². The predicted molar refractivity (Wildman–Crippen MR) is 94.5 cm³/mol. The maximum Gasteiger partial charge on any atom is 0.0481 e. The van der Waals surface area contributed by atoms with Gasteiger partial charge in [0.15, 0.2) is 0 Å². The molecule has 1 nitrogen and oxygen atoms in total. The molecule has 0 spiro atoms. The minimum Gasteiger partial charge on any atom is -0.350 e. The molecule has 3 aromatic rings. The molecule has 0 aliphatic heterocycles. The molecular formula is C19H18BrN. The van der Waals surface area contributed by atoms with Crippen molar-refractivity contribution in [2.45, 2.75) is 12.8 Å². The van der Waals surface area contributed by atoms with Crippen molar-refractivity contribution in [2.75, 3.05) is 0 Å². The van der Waals surface area contributed by atoms with Gasteiger partial charge < -0.3 is 4.57 Å². The summed E-state index contributed by atoms with van der Waals surface area (Å²) in [5.74, 6) is 0.378. The number of hydrogen-bond acceptors (Lipinski definition) is 0. The highest BCUT2D eigenvalue weighted by atomic mass is 79.9. The summed E-state index contributed by atoms with van der Waals surface area (Å²) in [7, 11) is 2.10. The fourth-order valence-corrected chi connectivity index (χ4v) is 3.04. The molecule has 2 heteroatoms. The number of allylic oxidation sites excluding steroid dienone is 1. The first-order valence-corrected chi connectivity index (χ1v) is 7.92. The smallest absolute Gasteiger partial charge is 0.0481 e. The first-order chi connectivity index (χ1) is 10.1. The molecule has 21 heavy (non-hydrogen) atoms. The summed E-state index contributed by atoms with van der Waals surface area (Å²) in [6.07, 6.45) is 6.70. The lowest BCUT2D eigenvalue weighted by Gasteiger charge is -2.05. The van der Waals surface area contributed by atoms with E-state index in [9.17, 15) is 0 Å². The number of rotatable bonds is 3. The highest BCUT2D eigenvalue weighted by Gasteiger charge is 2.11. The lowest BCUT2D eigenvalue weighted by atomic mass is 9.99. The average molecular weight is 340 g/mol. The van der Waals surface area contributed by atoms with Gasteiger partial charge in [0.2, 0.25) is 0 Å². The van der Waals surface area contributed by atoms with Gasteiger partial charge in [0.25, 0.3) is 0 Å². The van der Waals surface area contributed by atoms with Crippen molar-refractivity contribution < 1.29 is 0 Å². The highest BCUT2D eigenvalue weighted by Crippen LogP contribution is 2.30. The van der Waals surface area contributed by atoms with Crippen LogP contribution in [0.5, 0.6) is 0 Å². The summed E-state index contributed by atoms with van der Waals surface area (Å²) < 4.78 is 3.32. The van der Waals surface area contributed by atoms with Crippen LogP contribution in [0.1, 0.15) is 24.0 Å². The van der Waals surface area contributed by atoms with Crippen molar-refractivity contribution in [3.63, 3.8) is 0 Å². The van der Waals surface area contributed by atoms with Crippen LogP contribution in [0.25, 0.3) is 17.0 Å². The van der Waals surface area contributed by atoms with Gasteiger partial charge in [-0.25, -0.2) is 0 Å². The maximum atomic E-state index is 3.57. The van der Waals surface area contributed by atoms with Crippen molar-refractivity contribution in [1.82, 2.24) is 4.57 Å². The minimum absolute atomic E-state index is 0.378. The van der Waals surface area contributed by atoms with Gasteiger partial charge in [-0.3, -0.25) is 0 Å². The zero-order valence-electron chi connectivity index (χ0n) is 12.3. The van der Waals surface area contributed by atoms with Gasteiger partial charge in [-0.2, -0.15) is 0 Å². The second-order valence-corrected chi connectivity index (χ2v) is 6.33. The summed E-state index contributed by atoms with van der Waals surface area (Å²) in [6, 6.07) is 16.9. The van der Waals surface area contributed by atoms with Crippen LogP contribution in [-0.4, -0.2) is 4.57 Å². The van der Waals surface area contributed by atoms with E-state index in [-0.39, 0.29) is 0 Å². The van der Waals surface area contributed by atoms with Gasteiger partial charge in [-0.05, 0) is 29.3 Å². The zero-order chi connectivity index (χ0) is 14.8.